The second-order valence-corrected chi connectivity index (χ2v) is 5.19. The van der Waals surface area contributed by atoms with Gasteiger partial charge in [0, 0.05) is 4.90 Å². The summed E-state index contributed by atoms with van der Waals surface area (Å²) in [5.74, 6) is 1.98. The van der Waals surface area contributed by atoms with Crippen molar-refractivity contribution in [2.45, 2.75) is 4.90 Å². The third-order valence-corrected chi connectivity index (χ3v) is 3.83. The van der Waals surface area contributed by atoms with Crippen molar-refractivity contribution in [3.63, 3.8) is 0 Å². The maximum absolute atomic E-state index is 5.87. The van der Waals surface area contributed by atoms with E-state index in [1.54, 1.807) is 18.9 Å². The standard InChI is InChI=1S/C16H14N2O2S/c1-19-14-5-3-4-13-15(14)17-10-18-16(13)20-11-6-8-12(21-2)9-7-11/h3-10H,1-2H3. The van der Waals surface area contributed by atoms with Crippen LogP contribution in [0.2, 0.25) is 0 Å². The molecular weight excluding hydrogens is 284 g/mol. The smallest absolute Gasteiger partial charge is 0.230 e. The molecule has 0 aliphatic carbocycles. The predicted molar refractivity (Wildman–Crippen MR) is 84.4 cm³/mol. The van der Waals surface area contributed by atoms with Gasteiger partial charge in [-0.3, -0.25) is 0 Å². The van der Waals surface area contributed by atoms with Crippen LogP contribution in [0.1, 0.15) is 0 Å². The number of para-hydroxylation sites is 1. The van der Waals surface area contributed by atoms with Gasteiger partial charge in [-0.1, -0.05) is 6.07 Å². The molecular formula is C16H14N2O2S. The van der Waals surface area contributed by atoms with E-state index in [4.69, 9.17) is 9.47 Å². The topological polar surface area (TPSA) is 44.2 Å². The number of methoxy groups -OCH3 is 1. The van der Waals surface area contributed by atoms with E-state index in [1.807, 2.05) is 48.7 Å². The normalized spacial score (nSPS) is 10.6. The summed E-state index contributed by atoms with van der Waals surface area (Å²) in [6.45, 7) is 0. The van der Waals surface area contributed by atoms with Crippen LogP contribution in [0.5, 0.6) is 17.4 Å². The molecule has 0 atom stereocenters. The molecule has 3 rings (SSSR count). The average Bonchev–Trinajstić information content (AvgIpc) is 2.55. The van der Waals surface area contributed by atoms with Crippen LogP contribution in [0.3, 0.4) is 0 Å². The van der Waals surface area contributed by atoms with E-state index < -0.39 is 0 Å². The molecule has 0 aliphatic heterocycles. The molecule has 1 heterocycles. The molecule has 106 valence electrons. The average molecular weight is 298 g/mol. The molecule has 0 spiro atoms. The van der Waals surface area contributed by atoms with Crippen molar-refractivity contribution in [3.05, 3.63) is 48.8 Å². The Hall–Kier alpha value is -2.27. The summed E-state index contributed by atoms with van der Waals surface area (Å²) < 4.78 is 11.2. The Bertz CT molecular complexity index is 760. The van der Waals surface area contributed by atoms with Gasteiger partial charge in [-0.05, 0) is 42.7 Å². The molecule has 21 heavy (non-hydrogen) atoms. The van der Waals surface area contributed by atoms with Gasteiger partial charge in [0.05, 0.1) is 12.5 Å². The van der Waals surface area contributed by atoms with Crippen molar-refractivity contribution in [2.75, 3.05) is 13.4 Å². The lowest BCUT2D eigenvalue weighted by molar-refractivity contribution is 0.418. The number of benzene rings is 2. The quantitative estimate of drug-likeness (QED) is 0.677. The lowest BCUT2D eigenvalue weighted by atomic mass is 10.2. The summed E-state index contributed by atoms with van der Waals surface area (Å²) in [5.41, 5.74) is 0.741. The summed E-state index contributed by atoms with van der Waals surface area (Å²) in [6, 6.07) is 13.6. The fraction of sp³-hybridized carbons (Fsp3) is 0.125. The number of hydrogen-bond donors (Lipinski definition) is 0. The van der Waals surface area contributed by atoms with Gasteiger partial charge in [0.2, 0.25) is 5.88 Å². The Morgan fingerprint density at radius 2 is 1.81 bits per heavy atom. The maximum Gasteiger partial charge on any atom is 0.230 e. The SMILES string of the molecule is COc1cccc2c(Oc3ccc(SC)cc3)ncnc12. The Labute approximate surface area is 127 Å². The van der Waals surface area contributed by atoms with Crippen molar-refractivity contribution in [2.24, 2.45) is 0 Å². The van der Waals surface area contributed by atoms with E-state index in [2.05, 4.69) is 9.97 Å². The molecule has 0 unspecified atom stereocenters. The van der Waals surface area contributed by atoms with Crippen LogP contribution in [0.15, 0.2) is 53.7 Å². The van der Waals surface area contributed by atoms with Crippen molar-refractivity contribution in [3.8, 4) is 17.4 Å². The molecule has 2 aromatic carbocycles. The molecule has 0 amide bonds. The van der Waals surface area contributed by atoms with Gasteiger partial charge in [0.25, 0.3) is 0 Å². The second kappa shape index (κ2) is 6.01. The van der Waals surface area contributed by atoms with E-state index in [1.165, 1.54) is 11.2 Å². The molecule has 3 aromatic rings. The molecule has 0 radical (unpaired) electrons. The lowest BCUT2D eigenvalue weighted by Crippen LogP contribution is -1.93. The van der Waals surface area contributed by atoms with Crippen LogP contribution >= 0.6 is 11.8 Å². The Morgan fingerprint density at radius 1 is 1.00 bits per heavy atom. The van der Waals surface area contributed by atoms with Crippen LogP contribution in [-0.4, -0.2) is 23.3 Å². The highest BCUT2D eigenvalue weighted by molar-refractivity contribution is 7.98. The summed E-state index contributed by atoms with van der Waals surface area (Å²) in [4.78, 5) is 9.68. The highest BCUT2D eigenvalue weighted by Crippen LogP contribution is 2.31. The van der Waals surface area contributed by atoms with Gasteiger partial charge >= 0.3 is 0 Å². The number of thioether (sulfide) groups is 1. The zero-order valence-electron chi connectivity index (χ0n) is 11.7. The van der Waals surface area contributed by atoms with Gasteiger partial charge < -0.3 is 9.47 Å². The van der Waals surface area contributed by atoms with Crippen LogP contribution in [0.25, 0.3) is 10.9 Å². The summed E-state index contributed by atoms with van der Waals surface area (Å²) in [7, 11) is 1.62. The largest absolute Gasteiger partial charge is 0.494 e. The van der Waals surface area contributed by atoms with E-state index in [-0.39, 0.29) is 0 Å². The molecule has 0 bridgehead atoms. The molecule has 0 saturated carbocycles. The van der Waals surface area contributed by atoms with E-state index in [0.29, 0.717) is 11.6 Å². The molecule has 0 fully saturated rings. The van der Waals surface area contributed by atoms with Gasteiger partial charge in [-0.25, -0.2) is 9.97 Å². The third kappa shape index (κ3) is 2.78. The van der Waals surface area contributed by atoms with Crippen molar-refractivity contribution in [1.29, 1.82) is 0 Å². The third-order valence-electron chi connectivity index (χ3n) is 3.09. The fourth-order valence-electron chi connectivity index (χ4n) is 2.04. The first-order valence-corrected chi connectivity index (χ1v) is 7.64. The molecule has 1 aromatic heterocycles. The van der Waals surface area contributed by atoms with Gasteiger partial charge in [-0.15, -0.1) is 11.8 Å². The lowest BCUT2D eigenvalue weighted by Gasteiger charge is -2.09. The van der Waals surface area contributed by atoms with Crippen LogP contribution in [0, 0.1) is 0 Å². The number of ether oxygens (including phenoxy) is 2. The first kappa shape index (κ1) is 13.7. The van der Waals surface area contributed by atoms with E-state index in [0.717, 1.165) is 16.7 Å². The Balaban J connectivity index is 2.00. The minimum atomic E-state index is 0.524. The van der Waals surface area contributed by atoms with Crippen molar-refractivity contribution < 1.29 is 9.47 Å². The second-order valence-electron chi connectivity index (χ2n) is 4.31. The maximum atomic E-state index is 5.87. The highest BCUT2D eigenvalue weighted by atomic mass is 32.2. The van der Waals surface area contributed by atoms with E-state index >= 15 is 0 Å². The summed E-state index contributed by atoms with van der Waals surface area (Å²) in [5, 5.41) is 0.825. The molecule has 0 N–H and O–H groups in total. The fourth-order valence-corrected chi connectivity index (χ4v) is 2.45. The molecule has 0 aliphatic rings. The number of nitrogens with zero attached hydrogens (tertiary/aromatic N) is 2. The van der Waals surface area contributed by atoms with Crippen molar-refractivity contribution >= 4 is 22.7 Å². The zero-order chi connectivity index (χ0) is 14.7. The summed E-state index contributed by atoms with van der Waals surface area (Å²) in [6.07, 6.45) is 3.52. The summed E-state index contributed by atoms with van der Waals surface area (Å²) >= 11 is 1.69. The minimum Gasteiger partial charge on any atom is -0.494 e. The zero-order valence-corrected chi connectivity index (χ0v) is 12.6. The number of fused-ring (bicyclic) bond motifs is 1. The monoisotopic (exact) mass is 298 g/mol. The van der Waals surface area contributed by atoms with Gasteiger partial charge in [0.15, 0.2) is 0 Å². The number of rotatable bonds is 4. The Kier molecular flexibility index (Phi) is 3.92. The predicted octanol–water partition coefficient (Wildman–Crippen LogP) is 4.15. The first-order chi connectivity index (χ1) is 10.3. The van der Waals surface area contributed by atoms with Crippen LogP contribution in [-0.2, 0) is 0 Å². The number of hydrogen-bond acceptors (Lipinski definition) is 5. The van der Waals surface area contributed by atoms with Gasteiger partial charge in [-0.2, -0.15) is 0 Å². The first-order valence-electron chi connectivity index (χ1n) is 6.41. The molecule has 5 heteroatoms. The number of aromatic nitrogens is 2. The molecule has 4 nitrogen and oxygen atoms in total. The van der Waals surface area contributed by atoms with Crippen molar-refractivity contribution in [1.82, 2.24) is 9.97 Å². The minimum absolute atomic E-state index is 0.524. The van der Waals surface area contributed by atoms with Crippen LogP contribution in [0.4, 0.5) is 0 Å². The molecule has 0 saturated heterocycles. The highest BCUT2D eigenvalue weighted by Gasteiger charge is 2.09. The van der Waals surface area contributed by atoms with Crippen LogP contribution < -0.4 is 9.47 Å². The van der Waals surface area contributed by atoms with Gasteiger partial charge in [0.1, 0.15) is 23.3 Å². The van der Waals surface area contributed by atoms with E-state index in [9.17, 15) is 0 Å². The Morgan fingerprint density at radius 3 is 2.52 bits per heavy atom.